The molecule has 10 heteroatoms. The number of benzene rings is 2. The first-order valence-corrected chi connectivity index (χ1v) is 11.6. The topological polar surface area (TPSA) is 114 Å². The molecule has 3 aromatic rings. The lowest BCUT2D eigenvalue weighted by Gasteiger charge is -2.12. The van der Waals surface area contributed by atoms with Gasteiger partial charge in [-0.25, -0.2) is 8.42 Å². The van der Waals surface area contributed by atoms with E-state index in [1.807, 2.05) is 17.5 Å². The number of carbonyl (C=O) groups is 2. The molecule has 0 saturated carbocycles. The summed E-state index contributed by atoms with van der Waals surface area (Å²) in [4.78, 5) is 25.3. The Morgan fingerprint density at radius 1 is 1.00 bits per heavy atom. The van der Waals surface area contributed by atoms with Gasteiger partial charge in [0.1, 0.15) is 5.75 Å². The summed E-state index contributed by atoms with van der Waals surface area (Å²) in [6.45, 7) is 0. The number of hydrogen-bond acceptors (Lipinski definition) is 6. The number of thiophene rings is 1. The number of hydrogen-bond donors (Lipinski definition) is 3. The Labute approximate surface area is 184 Å². The van der Waals surface area contributed by atoms with Gasteiger partial charge in [-0.15, -0.1) is 11.3 Å². The number of nitrogens with one attached hydrogen (secondary N) is 3. The smallest absolute Gasteiger partial charge is 0.269 e. The monoisotopic (exact) mass is 459 g/mol. The van der Waals surface area contributed by atoms with E-state index in [-0.39, 0.29) is 28.5 Å². The molecule has 31 heavy (non-hydrogen) atoms. The van der Waals surface area contributed by atoms with Gasteiger partial charge in [-0.1, -0.05) is 24.3 Å². The van der Waals surface area contributed by atoms with Crippen molar-refractivity contribution in [1.29, 1.82) is 0 Å². The number of sulfonamides is 1. The minimum atomic E-state index is -3.96. The molecule has 0 bridgehead atoms. The molecule has 0 fully saturated rings. The van der Waals surface area contributed by atoms with E-state index in [9.17, 15) is 18.0 Å². The number of carbonyl (C=O) groups excluding carboxylic acids is 2. The molecule has 0 aliphatic heterocycles. The van der Waals surface area contributed by atoms with Gasteiger partial charge in [0, 0.05) is 16.9 Å². The van der Waals surface area contributed by atoms with Gasteiger partial charge < -0.3 is 4.74 Å². The third-order valence-electron chi connectivity index (χ3n) is 4.25. The highest BCUT2D eigenvalue weighted by Gasteiger charge is 2.18. The van der Waals surface area contributed by atoms with E-state index in [4.69, 9.17) is 4.74 Å². The van der Waals surface area contributed by atoms with Crippen molar-refractivity contribution in [3.05, 3.63) is 76.5 Å². The van der Waals surface area contributed by atoms with Crippen molar-refractivity contribution in [1.82, 2.24) is 10.9 Å². The lowest BCUT2D eigenvalue weighted by molar-refractivity contribution is -0.121. The molecule has 0 aliphatic carbocycles. The lowest BCUT2D eigenvalue weighted by Crippen LogP contribution is -2.41. The highest BCUT2D eigenvalue weighted by atomic mass is 32.2. The molecule has 8 nitrogen and oxygen atoms in total. The van der Waals surface area contributed by atoms with Crippen molar-refractivity contribution in [2.24, 2.45) is 0 Å². The third-order valence-corrected chi connectivity index (χ3v) is 6.55. The van der Waals surface area contributed by atoms with Crippen LogP contribution >= 0.6 is 11.3 Å². The molecule has 0 saturated heterocycles. The standard InChI is InChI=1S/C21H21N3O5S2/c1-29-19-10-3-2-9-18(19)24-31(27,28)17-8-4-6-15(14-17)21(26)23-22-20(25)12-11-16-7-5-13-30-16/h2-10,13-14,24H,11-12H2,1H3,(H,22,25)(H,23,26). The molecule has 2 aromatic carbocycles. The molecule has 3 N–H and O–H groups in total. The average Bonchev–Trinajstić information content (AvgIpc) is 3.30. The minimum absolute atomic E-state index is 0.0847. The fraction of sp³-hybridized carbons (Fsp3) is 0.143. The van der Waals surface area contributed by atoms with Crippen molar-refractivity contribution in [3.63, 3.8) is 0 Å². The number of ether oxygens (including phenoxy) is 1. The van der Waals surface area contributed by atoms with Gasteiger partial charge in [0.2, 0.25) is 5.91 Å². The zero-order valence-electron chi connectivity index (χ0n) is 16.6. The van der Waals surface area contributed by atoms with Crippen molar-refractivity contribution in [2.75, 3.05) is 11.8 Å². The van der Waals surface area contributed by atoms with E-state index >= 15 is 0 Å². The summed E-state index contributed by atoms with van der Waals surface area (Å²) in [7, 11) is -2.53. The molecule has 1 heterocycles. The third kappa shape index (κ3) is 6.06. The Hall–Kier alpha value is -3.37. The first-order valence-electron chi connectivity index (χ1n) is 9.26. The molecule has 0 atom stereocenters. The Kier molecular flexibility index (Phi) is 7.27. The molecule has 162 valence electrons. The number of para-hydroxylation sites is 2. The molecule has 2 amide bonds. The molecule has 0 spiro atoms. The Morgan fingerprint density at radius 2 is 1.81 bits per heavy atom. The van der Waals surface area contributed by atoms with Crippen LogP contribution in [0.15, 0.2) is 70.9 Å². The van der Waals surface area contributed by atoms with Crippen molar-refractivity contribution < 1.29 is 22.7 Å². The maximum Gasteiger partial charge on any atom is 0.269 e. The van der Waals surface area contributed by atoms with Crippen LogP contribution in [0, 0.1) is 0 Å². The summed E-state index contributed by atoms with van der Waals surface area (Å²) < 4.78 is 33.1. The van der Waals surface area contributed by atoms with Crippen LogP contribution in [0.3, 0.4) is 0 Å². The Balaban J connectivity index is 1.63. The second-order valence-corrected chi connectivity index (χ2v) is 9.13. The van der Waals surface area contributed by atoms with E-state index in [2.05, 4.69) is 15.6 Å². The predicted molar refractivity (Wildman–Crippen MR) is 118 cm³/mol. The fourth-order valence-electron chi connectivity index (χ4n) is 2.69. The number of hydrazine groups is 1. The lowest BCUT2D eigenvalue weighted by atomic mass is 10.2. The second kappa shape index (κ2) is 10.1. The van der Waals surface area contributed by atoms with E-state index in [1.165, 1.54) is 31.4 Å². The van der Waals surface area contributed by atoms with Crippen molar-refractivity contribution >= 4 is 38.9 Å². The second-order valence-electron chi connectivity index (χ2n) is 6.42. The van der Waals surface area contributed by atoms with Gasteiger partial charge in [-0.2, -0.15) is 0 Å². The van der Waals surface area contributed by atoms with Crippen molar-refractivity contribution in [3.8, 4) is 5.75 Å². The van der Waals surface area contributed by atoms with Gasteiger partial charge >= 0.3 is 0 Å². The molecular weight excluding hydrogens is 438 g/mol. The van der Waals surface area contributed by atoms with Crippen LogP contribution in [0.1, 0.15) is 21.7 Å². The van der Waals surface area contributed by atoms with Crippen LogP contribution in [-0.4, -0.2) is 27.3 Å². The molecular formula is C21H21N3O5S2. The molecule has 0 unspecified atom stereocenters. The minimum Gasteiger partial charge on any atom is -0.495 e. The first-order chi connectivity index (χ1) is 14.9. The number of methoxy groups -OCH3 is 1. The van der Waals surface area contributed by atoms with Gasteiger partial charge in [-0.05, 0) is 48.2 Å². The van der Waals surface area contributed by atoms with E-state index in [1.54, 1.807) is 35.6 Å². The number of rotatable bonds is 8. The van der Waals surface area contributed by atoms with Gasteiger partial charge in [0.25, 0.3) is 15.9 Å². The fourth-order valence-corrected chi connectivity index (χ4v) is 4.51. The normalized spacial score (nSPS) is 10.9. The molecule has 3 rings (SSSR count). The van der Waals surface area contributed by atoms with Gasteiger partial charge in [0.05, 0.1) is 17.7 Å². The van der Waals surface area contributed by atoms with Crippen LogP contribution in [0.4, 0.5) is 5.69 Å². The van der Waals surface area contributed by atoms with Crippen LogP contribution in [0.25, 0.3) is 0 Å². The van der Waals surface area contributed by atoms with Crippen LogP contribution in [-0.2, 0) is 21.2 Å². The maximum absolute atomic E-state index is 12.7. The number of anilines is 1. The quantitative estimate of drug-likeness (QED) is 0.448. The highest BCUT2D eigenvalue weighted by molar-refractivity contribution is 7.92. The number of aryl methyl sites for hydroxylation is 1. The maximum atomic E-state index is 12.7. The molecule has 0 radical (unpaired) electrons. The zero-order chi connectivity index (χ0) is 22.3. The largest absolute Gasteiger partial charge is 0.495 e. The molecule has 1 aromatic heterocycles. The van der Waals surface area contributed by atoms with Crippen molar-refractivity contribution in [2.45, 2.75) is 17.7 Å². The average molecular weight is 460 g/mol. The summed E-state index contributed by atoms with van der Waals surface area (Å²) in [6.07, 6.45) is 0.791. The summed E-state index contributed by atoms with van der Waals surface area (Å²) in [5.74, 6) is -0.604. The zero-order valence-corrected chi connectivity index (χ0v) is 18.3. The van der Waals surface area contributed by atoms with E-state index in [0.717, 1.165) is 4.88 Å². The van der Waals surface area contributed by atoms with E-state index < -0.39 is 15.9 Å². The van der Waals surface area contributed by atoms with Crippen LogP contribution in [0.5, 0.6) is 5.75 Å². The Morgan fingerprint density at radius 3 is 2.55 bits per heavy atom. The predicted octanol–water partition coefficient (Wildman–Crippen LogP) is 2.95. The number of amides is 2. The highest BCUT2D eigenvalue weighted by Crippen LogP contribution is 2.26. The summed E-state index contributed by atoms with van der Waals surface area (Å²) in [5, 5.41) is 1.93. The molecule has 0 aliphatic rings. The SMILES string of the molecule is COc1ccccc1NS(=O)(=O)c1cccc(C(=O)NNC(=O)CCc2cccs2)c1. The summed E-state index contributed by atoms with van der Waals surface area (Å²) in [5.41, 5.74) is 5.01. The first kappa shape index (κ1) is 22.3. The Bertz CT molecular complexity index is 1160. The summed E-state index contributed by atoms with van der Waals surface area (Å²) in [6, 6.07) is 15.9. The van der Waals surface area contributed by atoms with Gasteiger partial charge in [0.15, 0.2) is 0 Å². The van der Waals surface area contributed by atoms with E-state index in [0.29, 0.717) is 12.2 Å². The van der Waals surface area contributed by atoms with Crippen LogP contribution in [0.2, 0.25) is 0 Å². The summed E-state index contributed by atoms with van der Waals surface area (Å²) >= 11 is 1.55. The van der Waals surface area contributed by atoms with Crippen LogP contribution < -0.4 is 20.3 Å². The van der Waals surface area contributed by atoms with Gasteiger partial charge in [-0.3, -0.25) is 25.2 Å².